The molecular formula is C31H34F3N7O5. The smallest absolute Gasteiger partial charge is 0.423 e. The van der Waals surface area contributed by atoms with Gasteiger partial charge in [0, 0.05) is 38.3 Å². The van der Waals surface area contributed by atoms with E-state index in [9.17, 15) is 27.9 Å². The lowest BCUT2D eigenvalue weighted by Crippen LogP contribution is -2.55. The van der Waals surface area contributed by atoms with Gasteiger partial charge >= 0.3 is 6.18 Å². The molecule has 46 heavy (non-hydrogen) atoms. The molecule has 3 aromatic rings. The number of amides is 1. The molecule has 1 aromatic carbocycles. The zero-order valence-electron chi connectivity index (χ0n) is 27.1. The van der Waals surface area contributed by atoms with Crippen LogP contribution < -0.4 is 20.5 Å². The molecule has 12 nitrogen and oxygen atoms in total. The van der Waals surface area contributed by atoms with Crippen LogP contribution in [-0.2, 0) is 22.3 Å². The first kappa shape index (κ1) is 30.0. The molecule has 244 valence electrons. The van der Waals surface area contributed by atoms with Crippen molar-refractivity contribution in [3.8, 4) is 11.8 Å². The third-order valence-electron chi connectivity index (χ3n) is 7.92. The minimum absolute atomic E-state index is 0.103. The third kappa shape index (κ3) is 7.24. The van der Waals surface area contributed by atoms with Crippen LogP contribution >= 0.6 is 0 Å². The van der Waals surface area contributed by atoms with Gasteiger partial charge in [0.1, 0.15) is 29.3 Å². The van der Waals surface area contributed by atoms with E-state index in [-0.39, 0.29) is 26.1 Å². The van der Waals surface area contributed by atoms with E-state index in [2.05, 4.69) is 15.4 Å². The van der Waals surface area contributed by atoms with Gasteiger partial charge in [-0.05, 0) is 43.2 Å². The van der Waals surface area contributed by atoms with Crippen LogP contribution in [0.15, 0.2) is 53.6 Å². The highest BCUT2D eigenvalue weighted by Crippen LogP contribution is 2.32. The van der Waals surface area contributed by atoms with Gasteiger partial charge < -0.3 is 29.7 Å². The molecule has 0 saturated carbocycles. The number of ether oxygens (including phenoxy) is 2. The Morgan fingerprint density at radius 3 is 2.57 bits per heavy atom. The molecule has 4 heterocycles. The molecule has 0 spiro atoms. The number of aromatic nitrogens is 3. The first-order valence-corrected chi connectivity index (χ1v) is 14.6. The summed E-state index contributed by atoms with van der Waals surface area (Å²) in [4.78, 5) is 33.8. The van der Waals surface area contributed by atoms with Crippen molar-refractivity contribution in [2.75, 3.05) is 43.5 Å². The Bertz CT molecular complexity index is 1720. The number of halogens is 3. The number of benzene rings is 1. The maximum Gasteiger partial charge on any atom is 0.423 e. The highest BCUT2D eigenvalue weighted by Gasteiger charge is 2.42. The van der Waals surface area contributed by atoms with E-state index in [0.29, 0.717) is 40.3 Å². The molecular weight excluding hydrogens is 607 g/mol. The van der Waals surface area contributed by atoms with E-state index < -0.39 is 59.7 Å². The summed E-state index contributed by atoms with van der Waals surface area (Å²) in [6, 6.07) is 9.65. The number of β-amino-alcohol motifs (C(OH)–C–C–N with tert-alkyl or cyclic N) is 1. The summed E-state index contributed by atoms with van der Waals surface area (Å²) in [5.41, 5.74) is -2.79. The lowest BCUT2D eigenvalue weighted by Gasteiger charge is -2.40. The number of rotatable bonds is 10. The van der Waals surface area contributed by atoms with Gasteiger partial charge in [-0.3, -0.25) is 9.59 Å². The first-order valence-electron chi connectivity index (χ1n) is 15.6. The summed E-state index contributed by atoms with van der Waals surface area (Å²) in [7, 11) is 1.46. The largest absolute Gasteiger partial charge is 0.497 e. The molecule has 0 radical (unpaired) electrons. The van der Waals surface area contributed by atoms with Crippen molar-refractivity contribution in [2.24, 2.45) is 0 Å². The zero-order valence-corrected chi connectivity index (χ0v) is 25.1. The number of nitrogens with one attached hydrogen (secondary N) is 1. The Kier molecular flexibility index (Phi) is 8.97. The van der Waals surface area contributed by atoms with Crippen LogP contribution in [0.2, 0.25) is 0 Å². The molecule has 4 atom stereocenters. The minimum atomic E-state index is -5.09. The molecule has 2 aliphatic rings. The number of hydrogen-bond acceptors (Lipinski definition) is 10. The molecule has 15 heteroatoms. The first-order chi connectivity index (χ1) is 22.7. The number of nitrogens with zero attached hydrogens (tertiary/aromatic N) is 6. The number of carbonyl (C=O) groups is 1. The number of aliphatic hydroxyl groups is 1. The van der Waals surface area contributed by atoms with Crippen molar-refractivity contribution >= 4 is 17.4 Å². The number of methoxy groups -OCH3 is 1. The Morgan fingerprint density at radius 1 is 1.17 bits per heavy atom. The molecule has 2 aliphatic heterocycles. The third-order valence-corrected chi connectivity index (χ3v) is 7.92. The number of piperidine rings is 1. The maximum atomic E-state index is 14.1. The molecule has 2 saturated heterocycles. The standard InChI is InChI=1S/C31H34F3N7O5/c1-19(38-23-15-37-41(30(44)28(23)31(32,33)34)16-20-3-6-22(45-2)7-4-20)18-46-26-10-12-40(29(26)43)24-9-11-39(17-25(24)42)27-8-5-21(13-35)14-36-27/h3-8,14-15,19,24-26,38,42H,9-12,16-18H2,1-2H3/t19-,24+,25+,26+/m0/s1/i18D2. The van der Waals surface area contributed by atoms with Crippen molar-refractivity contribution in [1.29, 1.82) is 5.26 Å². The monoisotopic (exact) mass is 643 g/mol. The number of nitriles is 1. The Morgan fingerprint density at radius 2 is 1.93 bits per heavy atom. The molecule has 2 N–H and O–H groups in total. The highest BCUT2D eigenvalue weighted by atomic mass is 19.4. The number of hydrogen-bond donors (Lipinski definition) is 2. The Labute approximate surface area is 265 Å². The van der Waals surface area contributed by atoms with Crippen molar-refractivity contribution in [3.05, 3.63) is 75.8 Å². The average Bonchev–Trinajstić information content (AvgIpc) is 3.40. The van der Waals surface area contributed by atoms with Crippen LogP contribution in [0.1, 0.15) is 39.2 Å². The second kappa shape index (κ2) is 13.8. The van der Waals surface area contributed by atoms with Crippen LogP contribution in [0.4, 0.5) is 24.7 Å². The molecule has 0 aliphatic carbocycles. The predicted octanol–water partition coefficient (Wildman–Crippen LogP) is 2.64. The van der Waals surface area contributed by atoms with E-state index in [0.717, 1.165) is 6.20 Å². The maximum absolute atomic E-state index is 14.1. The summed E-state index contributed by atoms with van der Waals surface area (Å²) in [5.74, 6) is 0.566. The SMILES string of the molecule is [2H]C([2H])(O[C@@H]1CCN([C@@H]2CCN(c3ccc(C#N)cn3)C[C@H]2O)C1=O)[C@H](C)Nc1cnn(Cc2ccc(OC)cc2)c(=O)c1C(F)(F)F. The summed E-state index contributed by atoms with van der Waals surface area (Å²) in [6.07, 6.45) is -4.55. The number of aliphatic hydroxyl groups excluding tert-OH is 1. The number of alkyl halides is 3. The van der Waals surface area contributed by atoms with Gasteiger partial charge in [-0.1, -0.05) is 12.1 Å². The summed E-state index contributed by atoms with van der Waals surface area (Å²) >= 11 is 0. The topological polar surface area (TPSA) is 146 Å². The van der Waals surface area contributed by atoms with E-state index in [1.165, 1.54) is 25.1 Å². The van der Waals surface area contributed by atoms with Gasteiger partial charge in [0.25, 0.3) is 11.5 Å². The van der Waals surface area contributed by atoms with E-state index in [1.807, 2.05) is 11.0 Å². The normalized spacial score (nSPS) is 21.8. The van der Waals surface area contributed by atoms with E-state index in [1.54, 1.807) is 36.4 Å². The van der Waals surface area contributed by atoms with Gasteiger partial charge in [-0.25, -0.2) is 9.67 Å². The van der Waals surface area contributed by atoms with Gasteiger partial charge in [0.15, 0.2) is 0 Å². The second-order valence-corrected chi connectivity index (χ2v) is 11.0. The molecule has 5 rings (SSSR count). The van der Waals surface area contributed by atoms with Gasteiger partial charge in [-0.2, -0.15) is 23.5 Å². The predicted molar refractivity (Wildman–Crippen MR) is 160 cm³/mol. The fraction of sp³-hybridized carbons (Fsp3) is 0.452. The van der Waals surface area contributed by atoms with E-state index >= 15 is 0 Å². The van der Waals surface area contributed by atoms with Crippen molar-refractivity contribution in [1.82, 2.24) is 19.7 Å². The summed E-state index contributed by atoms with van der Waals surface area (Å²) < 4.78 is 70.7. The average molecular weight is 644 g/mol. The quantitative estimate of drug-likeness (QED) is 0.338. The number of carbonyl (C=O) groups excluding carboxylic acids is 1. The van der Waals surface area contributed by atoms with Gasteiger partial charge in [0.05, 0.1) is 52.5 Å². The number of likely N-dealkylation sites (tertiary alicyclic amines) is 1. The Hall–Kier alpha value is -4.68. The lowest BCUT2D eigenvalue weighted by atomic mass is 10.00. The van der Waals surface area contributed by atoms with Crippen molar-refractivity contribution in [2.45, 2.75) is 56.8 Å². The van der Waals surface area contributed by atoms with E-state index in [4.69, 9.17) is 17.5 Å². The zero-order chi connectivity index (χ0) is 34.8. The second-order valence-electron chi connectivity index (χ2n) is 11.0. The van der Waals surface area contributed by atoms with Crippen LogP contribution in [0.3, 0.4) is 0 Å². The summed E-state index contributed by atoms with van der Waals surface area (Å²) in [5, 5.41) is 26.2. The van der Waals surface area contributed by atoms with Crippen LogP contribution in [0.25, 0.3) is 0 Å². The molecule has 1 amide bonds. The fourth-order valence-electron chi connectivity index (χ4n) is 5.58. The molecule has 2 aromatic heterocycles. The minimum Gasteiger partial charge on any atom is -0.497 e. The highest BCUT2D eigenvalue weighted by molar-refractivity contribution is 5.83. The fourth-order valence-corrected chi connectivity index (χ4v) is 5.58. The van der Waals surface area contributed by atoms with Crippen LogP contribution in [0, 0.1) is 11.3 Å². The summed E-state index contributed by atoms with van der Waals surface area (Å²) in [6.45, 7) is -0.836. The van der Waals surface area contributed by atoms with Crippen molar-refractivity contribution in [3.63, 3.8) is 0 Å². The van der Waals surface area contributed by atoms with Crippen LogP contribution in [-0.4, -0.2) is 88.3 Å². The number of anilines is 2. The lowest BCUT2D eigenvalue weighted by molar-refractivity contribution is -0.141. The molecule has 0 bridgehead atoms. The van der Waals surface area contributed by atoms with Gasteiger partial charge in [-0.15, -0.1) is 0 Å². The Balaban J connectivity index is 1.23. The van der Waals surface area contributed by atoms with Crippen molar-refractivity contribution < 1.29 is 35.3 Å². The molecule has 0 unspecified atom stereocenters. The molecule has 2 fully saturated rings. The number of pyridine rings is 1. The van der Waals surface area contributed by atoms with Crippen LogP contribution in [0.5, 0.6) is 5.75 Å². The van der Waals surface area contributed by atoms with Gasteiger partial charge in [0.2, 0.25) is 0 Å².